The first-order valence-corrected chi connectivity index (χ1v) is 11.5. The highest BCUT2D eigenvalue weighted by Crippen LogP contribution is 2.26. The quantitative estimate of drug-likeness (QED) is 0.318. The predicted molar refractivity (Wildman–Crippen MR) is 118 cm³/mol. The van der Waals surface area contributed by atoms with Crippen molar-refractivity contribution in [3.8, 4) is 0 Å². The van der Waals surface area contributed by atoms with Gasteiger partial charge in [0, 0.05) is 24.7 Å². The maximum atomic E-state index is 4.67. The number of aromatic nitrogens is 1. The third-order valence-corrected chi connectivity index (χ3v) is 6.02. The average molecular weight is 372 g/mol. The molecule has 0 aromatic carbocycles. The van der Waals surface area contributed by atoms with E-state index in [1.165, 1.54) is 95.1 Å². The van der Waals surface area contributed by atoms with Crippen molar-refractivity contribution in [1.82, 2.24) is 9.88 Å². The molecule has 0 aliphatic heterocycles. The van der Waals surface area contributed by atoms with Crippen LogP contribution in [0, 0.1) is 5.92 Å². The topological polar surface area (TPSA) is 28.5 Å². The van der Waals surface area contributed by atoms with Gasteiger partial charge in [-0.05, 0) is 68.9 Å². The number of pyridine rings is 1. The second kappa shape index (κ2) is 13.9. The summed E-state index contributed by atoms with van der Waals surface area (Å²) in [6, 6.07) is 4.30. The van der Waals surface area contributed by atoms with E-state index in [9.17, 15) is 0 Å². The van der Waals surface area contributed by atoms with Gasteiger partial charge in [-0.15, -0.1) is 0 Å². The molecule has 1 aliphatic rings. The Morgan fingerprint density at radius 2 is 1.85 bits per heavy atom. The van der Waals surface area contributed by atoms with Crippen molar-refractivity contribution in [1.29, 1.82) is 0 Å². The highest BCUT2D eigenvalue weighted by Gasteiger charge is 2.12. The molecule has 2 rings (SSSR count). The van der Waals surface area contributed by atoms with Gasteiger partial charge in [-0.3, -0.25) is 9.98 Å². The lowest BCUT2D eigenvalue weighted by atomic mass is 9.87. The average Bonchev–Trinajstić information content (AvgIpc) is 2.72. The molecule has 1 aliphatic carbocycles. The van der Waals surface area contributed by atoms with Gasteiger partial charge in [0.15, 0.2) is 0 Å². The minimum absolute atomic E-state index is 0.922. The van der Waals surface area contributed by atoms with E-state index in [-0.39, 0.29) is 0 Å². The Morgan fingerprint density at radius 3 is 2.63 bits per heavy atom. The lowest BCUT2D eigenvalue weighted by Gasteiger charge is -2.20. The maximum absolute atomic E-state index is 4.67. The molecule has 1 fully saturated rings. The van der Waals surface area contributed by atoms with Crippen molar-refractivity contribution in [3.63, 3.8) is 0 Å². The van der Waals surface area contributed by atoms with E-state index in [1.54, 1.807) is 0 Å². The first-order valence-electron chi connectivity index (χ1n) is 11.5. The van der Waals surface area contributed by atoms with Crippen LogP contribution in [0.3, 0.4) is 0 Å². The number of aliphatic imine (C=N–C) groups is 1. The molecule has 1 saturated carbocycles. The normalized spacial score (nSPS) is 15.8. The molecule has 3 nitrogen and oxygen atoms in total. The van der Waals surface area contributed by atoms with E-state index in [2.05, 4.69) is 47.1 Å². The Bertz CT molecular complexity index is 516. The molecule has 3 heteroatoms. The fourth-order valence-electron chi connectivity index (χ4n) is 4.15. The van der Waals surface area contributed by atoms with Crippen LogP contribution in [0.5, 0.6) is 0 Å². The summed E-state index contributed by atoms with van der Waals surface area (Å²) in [5.41, 5.74) is 2.43. The van der Waals surface area contributed by atoms with Crippen LogP contribution in [0.25, 0.3) is 0 Å². The molecular formula is C24H41N3. The molecule has 0 N–H and O–H groups in total. The van der Waals surface area contributed by atoms with Gasteiger partial charge < -0.3 is 4.90 Å². The largest absolute Gasteiger partial charge is 0.304 e. The number of hydrogen-bond acceptors (Lipinski definition) is 3. The summed E-state index contributed by atoms with van der Waals surface area (Å²) in [7, 11) is 0. The zero-order chi connectivity index (χ0) is 19.2. The van der Waals surface area contributed by atoms with Crippen molar-refractivity contribution in [2.24, 2.45) is 10.9 Å². The van der Waals surface area contributed by atoms with E-state index in [1.807, 2.05) is 6.20 Å². The van der Waals surface area contributed by atoms with Crippen molar-refractivity contribution >= 4 is 6.21 Å². The highest BCUT2D eigenvalue weighted by atomic mass is 15.1. The SMILES string of the molecule is CCN(CC)CCCCCCc1cc(C=NCCC2CCCCC2)ccn1. The van der Waals surface area contributed by atoms with Crippen LogP contribution in [0.4, 0.5) is 0 Å². The predicted octanol–water partition coefficient (Wildman–Crippen LogP) is 5.92. The molecule has 0 bridgehead atoms. The third kappa shape index (κ3) is 9.51. The smallest absolute Gasteiger partial charge is 0.0410 e. The number of aryl methyl sites for hydroxylation is 1. The van der Waals surface area contributed by atoms with E-state index < -0.39 is 0 Å². The first kappa shape index (κ1) is 22.1. The van der Waals surface area contributed by atoms with Crippen molar-refractivity contribution < 1.29 is 0 Å². The van der Waals surface area contributed by atoms with Gasteiger partial charge in [-0.2, -0.15) is 0 Å². The second-order valence-electron chi connectivity index (χ2n) is 8.10. The molecular weight excluding hydrogens is 330 g/mol. The zero-order valence-electron chi connectivity index (χ0n) is 17.8. The van der Waals surface area contributed by atoms with E-state index >= 15 is 0 Å². The number of hydrogen-bond donors (Lipinski definition) is 0. The Morgan fingerprint density at radius 1 is 1.07 bits per heavy atom. The summed E-state index contributed by atoms with van der Waals surface area (Å²) < 4.78 is 0. The number of rotatable bonds is 13. The molecule has 0 radical (unpaired) electrons. The van der Waals surface area contributed by atoms with Crippen molar-refractivity contribution in [3.05, 3.63) is 29.6 Å². The summed E-state index contributed by atoms with van der Waals surface area (Å²) in [5.74, 6) is 0.922. The summed E-state index contributed by atoms with van der Waals surface area (Å²) in [6.07, 6.45) is 18.7. The van der Waals surface area contributed by atoms with Crippen LogP contribution in [0.15, 0.2) is 23.3 Å². The summed E-state index contributed by atoms with van der Waals surface area (Å²) in [4.78, 5) is 11.7. The fourth-order valence-corrected chi connectivity index (χ4v) is 4.15. The zero-order valence-corrected chi connectivity index (χ0v) is 17.8. The fraction of sp³-hybridized carbons (Fsp3) is 0.750. The van der Waals surface area contributed by atoms with Gasteiger partial charge in [-0.1, -0.05) is 58.8 Å². The van der Waals surface area contributed by atoms with Crippen LogP contribution >= 0.6 is 0 Å². The van der Waals surface area contributed by atoms with Gasteiger partial charge in [0.2, 0.25) is 0 Å². The van der Waals surface area contributed by atoms with Gasteiger partial charge >= 0.3 is 0 Å². The van der Waals surface area contributed by atoms with Gasteiger partial charge in [-0.25, -0.2) is 0 Å². The molecule has 0 saturated heterocycles. The Kier molecular flexibility index (Phi) is 11.3. The van der Waals surface area contributed by atoms with Crippen molar-refractivity contribution in [2.75, 3.05) is 26.2 Å². The molecule has 1 aromatic rings. The van der Waals surface area contributed by atoms with E-state index in [0.717, 1.165) is 18.9 Å². The maximum Gasteiger partial charge on any atom is 0.0410 e. The molecule has 27 heavy (non-hydrogen) atoms. The van der Waals surface area contributed by atoms with Crippen LogP contribution in [0.1, 0.15) is 89.3 Å². The van der Waals surface area contributed by atoms with Gasteiger partial charge in [0.05, 0.1) is 0 Å². The van der Waals surface area contributed by atoms with Crippen LogP contribution in [-0.2, 0) is 6.42 Å². The lowest BCUT2D eigenvalue weighted by molar-refractivity contribution is 0.295. The monoisotopic (exact) mass is 371 g/mol. The number of nitrogens with zero attached hydrogens (tertiary/aromatic N) is 3. The standard InChI is InChI=1S/C24H41N3/c1-3-27(4-2)19-11-6-5-10-14-24-20-23(16-18-26-24)21-25-17-15-22-12-8-7-9-13-22/h16,18,20-22H,3-15,17,19H2,1-2H3. The van der Waals surface area contributed by atoms with Crippen LogP contribution in [-0.4, -0.2) is 42.3 Å². The highest BCUT2D eigenvalue weighted by molar-refractivity contribution is 5.79. The molecule has 1 heterocycles. The van der Waals surface area contributed by atoms with Gasteiger partial charge in [0.25, 0.3) is 0 Å². The van der Waals surface area contributed by atoms with E-state index in [4.69, 9.17) is 0 Å². The van der Waals surface area contributed by atoms with Crippen LogP contribution < -0.4 is 0 Å². The molecule has 0 atom stereocenters. The molecule has 1 aromatic heterocycles. The lowest BCUT2D eigenvalue weighted by Crippen LogP contribution is -2.23. The molecule has 0 spiro atoms. The Balaban J connectivity index is 1.60. The summed E-state index contributed by atoms with van der Waals surface area (Å²) >= 11 is 0. The molecule has 0 amide bonds. The molecule has 0 unspecified atom stereocenters. The Labute approximate surface area is 167 Å². The summed E-state index contributed by atoms with van der Waals surface area (Å²) in [6.45, 7) is 9.08. The minimum Gasteiger partial charge on any atom is -0.304 e. The summed E-state index contributed by atoms with van der Waals surface area (Å²) in [5, 5.41) is 0. The number of unbranched alkanes of at least 4 members (excludes halogenated alkanes) is 3. The third-order valence-electron chi connectivity index (χ3n) is 6.02. The molecule has 152 valence electrons. The van der Waals surface area contributed by atoms with Crippen molar-refractivity contribution in [2.45, 2.75) is 84.5 Å². The first-order chi connectivity index (χ1) is 13.3. The van der Waals surface area contributed by atoms with E-state index in [0.29, 0.717) is 0 Å². The van der Waals surface area contributed by atoms with Gasteiger partial charge in [0.1, 0.15) is 0 Å². The second-order valence-corrected chi connectivity index (χ2v) is 8.10. The Hall–Kier alpha value is -1.22. The minimum atomic E-state index is 0.922. The van der Waals surface area contributed by atoms with Crippen LogP contribution in [0.2, 0.25) is 0 Å².